The molecule has 0 saturated carbocycles. The van der Waals surface area contributed by atoms with Crippen molar-refractivity contribution in [3.8, 4) is 0 Å². The van der Waals surface area contributed by atoms with Crippen molar-refractivity contribution in [1.29, 1.82) is 0 Å². The number of urea groups is 1. The van der Waals surface area contributed by atoms with Gasteiger partial charge < -0.3 is 15.1 Å². The van der Waals surface area contributed by atoms with Crippen molar-refractivity contribution in [1.82, 2.24) is 10.2 Å². The van der Waals surface area contributed by atoms with E-state index in [4.69, 9.17) is 4.42 Å². The van der Waals surface area contributed by atoms with Gasteiger partial charge in [-0.1, -0.05) is 0 Å². The van der Waals surface area contributed by atoms with E-state index in [1.807, 2.05) is 0 Å². The molecule has 1 aromatic heterocycles. The Labute approximate surface area is 163 Å². The number of hydrogen-bond donors (Lipinski definition) is 2. The van der Waals surface area contributed by atoms with Crippen LogP contribution in [0, 0.1) is 5.82 Å². The van der Waals surface area contributed by atoms with Crippen LogP contribution in [0.25, 0.3) is 6.08 Å². The third-order valence-electron chi connectivity index (χ3n) is 3.34. The molecule has 0 aliphatic carbocycles. The van der Waals surface area contributed by atoms with Crippen LogP contribution in [-0.2, 0) is 9.59 Å². The number of nitrogens with zero attached hydrogens (tertiary/aromatic N) is 1. The number of carbonyl (C=O) groups is 3. The molecular formula is C16H10Br2FN3O4. The maximum absolute atomic E-state index is 12.9. The molecule has 134 valence electrons. The summed E-state index contributed by atoms with van der Waals surface area (Å²) < 4.78 is 19.3. The minimum atomic E-state index is -0.722. The van der Waals surface area contributed by atoms with E-state index in [9.17, 15) is 18.8 Å². The lowest BCUT2D eigenvalue weighted by atomic mass is 10.3. The van der Waals surface area contributed by atoms with Gasteiger partial charge in [0.1, 0.15) is 23.8 Å². The van der Waals surface area contributed by atoms with Gasteiger partial charge in [0.15, 0.2) is 4.67 Å². The molecule has 1 aliphatic heterocycles. The van der Waals surface area contributed by atoms with Gasteiger partial charge in [0.2, 0.25) is 5.91 Å². The molecule has 3 rings (SSSR count). The largest absolute Gasteiger partial charge is 0.449 e. The first-order valence-electron chi connectivity index (χ1n) is 7.18. The quantitative estimate of drug-likeness (QED) is 0.511. The van der Waals surface area contributed by atoms with Crippen molar-refractivity contribution in [3.05, 3.63) is 56.7 Å². The van der Waals surface area contributed by atoms with Gasteiger partial charge in [0, 0.05) is 11.8 Å². The molecule has 1 aromatic carbocycles. The van der Waals surface area contributed by atoms with Crippen molar-refractivity contribution in [2.45, 2.75) is 0 Å². The highest BCUT2D eigenvalue weighted by Crippen LogP contribution is 2.28. The van der Waals surface area contributed by atoms with Crippen molar-refractivity contribution in [3.63, 3.8) is 0 Å². The SMILES string of the molecule is O=C(CN1C(=O)N/C(=C\c2cc(Br)c(Br)o2)C1=O)Nc1ccc(F)cc1. The van der Waals surface area contributed by atoms with E-state index >= 15 is 0 Å². The van der Waals surface area contributed by atoms with Gasteiger partial charge in [0.25, 0.3) is 5.91 Å². The molecule has 26 heavy (non-hydrogen) atoms. The van der Waals surface area contributed by atoms with Gasteiger partial charge in [-0.2, -0.15) is 0 Å². The molecule has 0 bridgehead atoms. The minimum Gasteiger partial charge on any atom is -0.449 e. The second-order valence-electron chi connectivity index (χ2n) is 5.20. The molecule has 2 heterocycles. The van der Waals surface area contributed by atoms with Gasteiger partial charge in [-0.05, 0) is 62.2 Å². The fraction of sp³-hybridized carbons (Fsp3) is 0.0625. The summed E-state index contributed by atoms with van der Waals surface area (Å²) in [6, 6.07) is 6.00. The number of nitrogens with one attached hydrogen (secondary N) is 2. The van der Waals surface area contributed by atoms with Crippen LogP contribution in [0.5, 0.6) is 0 Å². The molecule has 10 heteroatoms. The predicted molar refractivity (Wildman–Crippen MR) is 97.4 cm³/mol. The molecule has 2 aromatic rings. The lowest BCUT2D eigenvalue weighted by molar-refractivity contribution is -0.127. The molecule has 1 aliphatic rings. The molecule has 0 unspecified atom stereocenters. The standard InChI is InChI=1S/C16H10Br2FN3O4/c17-11-5-10(26-14(11)18)6-12-15(24)22(16(25)21-12)7-13(23)20-9-3-1-8(19)2-4-9/h1-6H,7H2,(H,20,23)(H,21,25)/b12-6-. The van der Waals surface area contributed by atoms with Gasteiger partial charge in [0.05, 0.1) is 4.47 Å². The summed E-state index contributed by atoms with van der Waals surface area (Å²) in [5.74, 6) is -1.36. The molecule has 0 atom stereocenters. The zero-order chi connectivity index (χ0) is 18.8. The third-order valence-corrected chi connectivity index (χ3v) is 5.05. The monoisotopic (exact) mass is 485 g/mol. The number of halogens is 3. The number of amides is 4. The van der Waals surface area contributed by atoms with Crippen LogP contribution >= 0.6 is 31.9 Å². The smallest absolute Gasteiger partial charge is 0.329 e. The zero-order valence-corrected chi connectivity index (χ0v) is 16.1. The van der Waals surface area contributed by atoms with Crippen LogP contribution < -0.4 is 10.6 Å². The Morgan fingerprint density at radius 2 is 1.96 bits per heavy atom. The van der Waals surface area contributed by atoms with Crippen LogP contribution in [0.3, 0.4) is 0 Å². The highest BCUT2D eigenvalue weighted by molar-refractivity contribution is 9.13. The minimum absolute atomic E-state index is 0.0154. The van der Waals surface area contributed by atoms with E-state index in [0.717, 1.165) is 4.90 Å². The van der Waals surface area contributed by atoms with E-state index in [1.54, 1.807) is 6.07 Å². The second-order valence-corrected chi connectivity index (χ2v) is 6.78. The molecule has 4 amide bonds. The Morgan fingerprint density at radius 1 is 1.27 bits per heavy atom. The van der Waals surface area contributed by atoms with Crippen LogP contribution in [0.4, 0.5) is 14.9 Å². The normalized spacial score (nSPS) is 15.5. The fourth-order valence-corrected chi connectivity index (χ4v) is 2.78. The van der Waals surface area contributed by atoms with Crippen LogP contribution in [-0.4, -0.2) is 29.3 Å². The summed E-state index contributed by atoms with van der Waals surface area (Å²) in [5, 5.41) is 4.87. The van der Waals surface area contributed by atoms with Crippen molar-refractivity contribution < 1.29 is 23.2 Å². The summed E-state index contributed by atoms with van der Waals surface area (Å²) in [7, 11) is 0. The van der Waals surface area contributed by atoms with E-state index in [0.29, 0.717) is 20.6 Å². The lowest BCUT2D eigenvalue weighted by Crippen LogP contribution is -2.38. The Hall–Kier alpha value is -2.46. The third kappa shape index (κ3) is 4.02. The van der Waals surface area contributed by atoms with Crippen LogP contribution in [0.1, 0.15) is 5.76 Å². The highest BCUT2D eigenvalue weighted by Gasteiger charge is 2.35. The van der Waals surface area contributed by atoms with Crippen LogP contribution in [0.15, 0.2) is 49.6 Å². The second kappa shape index (κ2) is 7.42. The average molecular weight is 487 g/mol. The molecule has 7 nitrogen and oxygen atoms in total. The number of furan rings is 1. The first kappa shape index (κ1) is 18.3. The Kier molecular flexibility index (Phi) is 5.23. The summed E-state index contributed by atoms with van der Waals surface area (Å²) >= 11 is 6.42. The number of imide groups is 1. The highest BCUT2D eigenvalue weighted by atomic mass is 79.9. The van der Waals surface area contributed by atoms with Gasteiger partial charge in [-0.15, -0.1) is 0 Å². The molecule has 0 spiro atoms. The molecule has 1 saturated heterocycles. The van der Waals surface area contributed by atoms with E-state index in [2.05, 4.69) is 42.5 Å². The average Bonchev–Trinajstić information content (AvgIpc) is 3.03. The first-order chi connectivity index (χ1) is 12.3. The Morgan fingerprint density at radius 3 is 2.58 bits per heavy atom. The maximum Gasteiger partial charge on any atom is 0.329 e. The fourth-order valence-electron chi connectivity index (χ4n) is 2.17. The van der Waals surface area contributed by atoms with Gasteiger partial charge in [-0.25, -0.2) is 14.1 Å². The molecule has 2 N–H and O–H groups in total. The molecule has 1 fully saturated rings. The lowest BCUT2D eigenvalue weighted by Gasteiger charge is -2.11. The van der Waals surface area contributed by atoms with E-state index in [-0.39, 0.29) is 5.70 Å². The molecular weight excluding hydrogens is 477 g/mol. The summed E-state index contributed by atoms with van der Waals surface area (Å²) in [6.07, 6.45) is 1.35. The maximum atomic E-state index is 12.9. The van der Waals surface area contributed by atoms with Gasteiger partial charge in [-0.3, -0.25) is 9.59 Å². The summed E-state index contributed by atoms with van der Waals surface area (Å²) in [6.45, 7) is -0.481. The van der Waals surface area contributed by atoms with Crippen LogP contribution in [0.2, 0.25) is 0 Å². The van der Waals surface area contributed by atoms with Crippen molar-refractivity contribution in [2.24, 2.45) is 0 Å². The number of benzene rings is 1. The summed E-state index contributed by atoms with van der Waals surface area (Å²) in [5.41, 5.74) is 0.336. The first-order valence-corrected chi connectivity index (χ1v) is 8.77. The Bertz CT molecular complexity index is 905. The number of anilines is 1. The molecule has 0 radical (unpaired) electrons. The number of hydrogen-bond acceptors (Lipinski definition) is 4. The Balaban J connectivity index is 1.68. The zero-order valence-electron chi connectivity index (χ0n) is 12.9. The topological polar surface area (TPSA) is 91.7 Å². The van der Waals surface area contributed by atoms with E-state index < -0.39 is 30.2 Å². The van der Waals surface area contributed by atoms with E-state index in [1.165, 1.54) is 30.3 Å². The van der Waals surface area contributed by atoms with Gasteiger partial charge >= 0.3 is 6.03 Å². The van der Waals surface area contributed by atoms with Crippen molar-refractivity contribution in [2.75, 3.05) is 11.9 Å². The summed E-state index contributed by atoms with van der Waals surface area (Å²) in [4.78, 5) is 37.1. The van der Waals surface area contributed by atoms with Crippen molar-refractivity contribution >= 4 is 61.5 Å². The number of rotatable bonds is 4. The predicted octanol–water partition coefficient (Wildman–Crippen LogP) is 3.48. The number of carbonyl (C=O) groups excluding carboxylic acids is 3.